The molecule has 1 aromatic heterocycles. The number of nitrogens with one attached hydrogen (secondary N) is 1. The molecule has 5 heteroatoms. The van der Waals surface area contributed by atoms with Crippen LogP contribution in [0.2, 0.25) is 0 Å². The molecule has 5 nitrogen and oxygen atoms in total. The summed E-state index contributed by atoms with van der Waals surface area (Å²) in [5.74, 6) is 0.998. The van der Waals surface area contributed by atoms with Crippen molar-refractivity contribution in [3.05, 3.63) is 23.9 Å². The van der Waals surface area contributed by atoms with Crippen LogP contribution in [0.25, 0.3) is 0 Å². The third-order valence-corrected chi connectivity index (χ3v) is 3.15. The first-order valence-corrected chi connectivity index (χ1v) is 6.33. The fourth-order valence-corrected chi connectivity index (χ4v) is 2.05. The van der Waals surface area contributed by atoms with E-state index in [4.69, 9.17) is 10.5 Å². The largest absolute Gasteiger partial charge is 0.384 e. The van der Waals surface area contributed by atoms with Gasteiger partial charge >= 0.3 is 0 Å². The summed E-state index contributed by atoms with van der Waals surface area (Å²) >= 11 is 0. The average Bonchev–Trinajstić information content (AvgIpc) is 2.88. The number of pyridine rings is 1. The van der Waals surface area contributed by atoms with E-state index in [0.717, 1.165) is 32.5 Å². The molecule has 3 N–H and O–H groups in total. The van der Waals surface area contributed by atoms with Crippen LogP contribution in [0.5, 0.6) is 0 Å². The van der Waals surface area contributed by atoms with E-state index >= 15 is 0 Å². The minimum absolute atomic E-state index is 0.0924. The van der Waals surface area contributed by atoms with Crippen LogP contribution < -0.4 is 11.1 Å². The van der Waals surface area contributed by atoms with Gasteiger partial charge in [-0.25, -0.2) is 4.98 Å². The lowest BCUT2D eigenvalue weighted by molar-refractivity contribution is 0.0952. The number of rotatable bonds is 5. The molecule has 1 saturated heterocycles. The van der Waals surface area contributed by atoms with Crippen LogP contribution in [0.15, 0.2) is 18.3 Å². The highest BCUT2D eigenvalue weighted by atomic mass is 16.5. The predicted molar refractivity (Wildman–Crippen MR) is 69.1 cm³/mol. The molecule has 0 spiro atoms. The number of amides is 1. The van der Waals surface area contributed by atoms with Gasteiger partial charge in [-0.3, -0.25) is 4.79 Å². The summed E-state index contributed by atoms with van der Waals surface area (Å²) in [6.07, 6.45) is 4.74. The van der Waals surface area contributed by atoms with Gasteiger partial charge in [-0.15, -0.1) is 0 Å². The van der Waals surface area contributed by atoms with Crippen LogP contribution in [0, 0.1) is 5.92 Å². The summed E-state index contributed by atoms with van der Waals surface area (Å²) in [6.45, 7) is 2.45. The highest BCUT2D eigenvalue weighted by Gasteiger charge is 2.14. The number of carbonyl (C=O) groups is 1. The Morgan fingerprint density at radius 1 is 1.56 bits per heavy atom. The van der Waals surface area contributed by atoms with Crippen LogP contribution >= 0.6 is 0 Å². The van der Waals surface area contributed by atoms with E-state index in [-0.39, 0.29) is 5.91 Å². The lowest BCUT2D eigenvalue weighted by Gasteiger charge is -2.08. The molecule has 1 aliphatic heterocycles. The van der Waals surface area contributed by atoms with E-state index in [0.29, 0.717) is 23.8 Å². The SMILES string of the molecule is Nc1ccc(C(=O)NCCCC2CCOC2)cn1. The van der Waals surface area contributed by atoms with Gasteiger partial charge in [0, 0.05) is 26.0 Å². The maximum Gasteiger partial charge on any atom is 0.252 e. The summed E-state index contributed by atoms with van der Waals surface area (Å²) in [4.78, 5) is 15.6. The Morgan fingerprint density at radius 3 is 3.11 bits per heavy atom. The zero-order chi connectivity index (χ0) is 12.8. The van der Waals surface area contributed by atoms with Gasteiger partial charge < -0.3 is 15.8 Å². The van der Waals surface area contributed by atoms with E-state index in [1.165, 1.54) is 6.20 Å². The van der Waals surface area contributed by atoms with E-state index in [9.17, 15) is 4.79 Å². The fourth-order valence-electron chi connectivity index (χ4n) is 2.05. The standard InChI is InChI=1S/C13H19N3O2/c14-12-4-3-11(8-16-12)13(17)15-6-1-2-10-5-7-18-9-10/h3-4,8,10H,1-2,5-7,9H2,(H2,14,16)(H,15,17). The lowest BCUT2D eigenvalue weighted by Crippen LogP contribution is -2.25. The third-order valence-electron chi connectivity index (χ3n) is 3.15. The predicted octanol–water partition coefficient (Wildman–Crippen LogP) is 1.21. The summed E-state index contributed by atoms with van der Waals surface area (Å²) in [6, 6.07) is 3.31. The monoisotopic (exact) mass is 249 g/mol. The van der Waals surface area contributed by atoms with Crippen molar-refractivity contribution in [3.63, 3.8) is 0 Å². The Labute approximate surface area is 107 Å². The zero-order valence-corrected chi connectivity index (χ0v) is 10.4. The number of carbonyl (C=O) groups excluding carboxylic acids is 1. The first-order valence-electron chi connectivity index (χ1n) is 6.33. The maximum absolute atomic E-state index is 11.7. The van der Waals surface area contributed by atoms with E-state index < -0.39 is 0 Å². The number of nitrogens with zero attached hydrogens (tertiary/aromatic N) is 1. The number of ether oxygens (including phenoxy) is 1. The van der Waals surface area contributed by atoms with Gasteiger partial charge in [-0.2, -0.15) is 0 Å². The minimum atomic E-state index is -0.0924. The molecule has 0 aromatic carbocycles. The Kier molecular flexibility index (Phi) is 4.52. The van der Waals surface area contributed by atoms with Gasteiger partial charge in [0.15, 0.2) is 0 Å². The van der Waals surface area contributed by atoms with Crippen molar-refractivity contribution in [2.75, 3.05) is 25.5 Å². The first kappa shape index (κ1) is 12.8. The molecule has 1 atom stereocenters. The molecule has 0 aliphatic carbocycles. The molecule has 1 aromatic rings. The van der Waals surface area contributed by atoms with Gasteiger partial charge in [0.25, 0.3) is 5.91 Å². The number of nitrogen functional groups attached to an aromatic ring is 1. The minimum Gasteiger partial charge on any atom is -0.384 e. The molecule has 1 fully saturated rings. The van der Waals surface area contributed by atoms with Gasteiger partial charge in [0.05, 0.1) is 5.56 Å². The number of hydrogen-bond donors (Lipinski definition) is 2. The molecule has 1 aliphatic rings. The molecular formula is C13H19N3O2. The van der Waals surface area contributed by atoms with Crippen LogP contribution in [-0.4, -0.2) is 30.6 Å². The number of aromatic nitrogens is 1. The van der Waals surface area contributed by atoms with Gasteiger partial charge in [-0.05, 0) is 37.3 Å². The number of nitrogens with two attached hydrogens (primary N) is 1. The van der Waals surface area contributed by atoms with E-state index in [1.807, 2.05) is 0 Å². The average molecular weight is 249 g/mol. The van der Waals surface area contributed by atoms with Gasteiger partial charge in [0.2, 0.25) is 0 Å². The Morgan fingerprint density at radius 2 is 2.44 bits per heavy atom. The quantitative estimate of drug-likeness (QED) is 0.769. The van der Waals surface area contributed by atoms with Crippen molar-refractivity contribution in [1.82, 2.24) is 10.3 Å². The molecule has 2 rings (SSSR count). The van der Waals surface area contributed by atoms with Crippen molar-refractivity contribution in [1.29, 1.82) is 0 Å². The van der Waals surface area contributed by atoms with Gasteiger partial charge in [-0.1, -0.05) is 0 Å². The molecule has 1 unspecified atom stereocenters. The van der Waals surface area contributed by atoms with Crippen molar-refractivity contribution in [2.45, 2.75) is 19.3 Å². The fraction of sp³-hybridized carbons (Fsp3) is 0.538. The van der Waals surface area contributed by atoms with Crippen LogP contribution in [-0.2, 0) is 4.74 Å². The van der Waals surface area contributed by atoms with Crippen LogP contribution in [0.4, 0.5) is 5.82 Å². The molecule has 98 valence electrons. The second-order valence-corrected chi connectivity index (χ2v) is 4.60. The Balaban J connectivity index is 1.66. The maximum atomic E-state index is 11.7. The summed E-state index contributed by atoms with van der Waals surface area (Å²) in [7, 11) is 0. The molecule has 18 heavy (non-hydrogen) atoms. The Bertz CT molecular complexity index is 386. The van der Waals surface area contributed by atoms with E-state index in [2.05, 4.69) is 10.3 Å². The normalized spacial score (nSPS) is 18.8. The highest BCUT2D eigenvalue weighted by molar-refractivity contribution is 5.93. The Hall–Kier alpha value is -1.62. The molecule has 1 amide bonds. The van der Waals surface area contributed by atoms with Crippen molar-refractivity contribution in [3.8, 4) is 0 Å². The summed E-state index contributed by atoms with van der Waals surface area (Å²) < 4.78 is 5.31. The van der Waals surface area contributed by atoms with E-state index in [1.54, 1.807) is 12.1 Å². The van der Waals surface area contributed by atoms with Crippen LogP contribution in [0.3, 0.4) is 0 Å². The summed E-state index contributed by atoms with van der Waals surface area (Å²) in [5.41, 5.74) is 6.01. The molecule has 0 bridgehead atoms. The second-order valence-electron chi connectivity index (χ2n) is 4.60. The molecular weight excluding hydrogens is 230 g/mol. The number of anilines is 1. The van der Waals surface area contributed by atoms with Crippen molar-refractivity contribution < 1.29 is 9.53 Å². The molecule has 0 saturated carbocycles. The second kappa shape index (κ2) is 6.35. The molecule has 2 heterocycles. The summed E-state index contributed by atoms with van der Waals surface area (Å²) in [5, 5.41) is 2.88. The molecule has 0 radical (unpaired) electrons. The zero-order valence-electron chi connectivity index (χ0n) is 10.4. The third kappa shape index (κ3) is 3.70. The number of hydrogen-bond acceptors (Lipinski definition) is 4. The van der Waals surface area contributed by atoms with Crippen LogP contribution in [0.1, 0.15) is 29.6 Å². The van der Waals surface area contributed by atoms with Crippen molar-refractivity contribution >= 4 is 11.7 Å². The first-order chi connectivity index (χ1) is 8.75. The smallest absolute Gasteiger partial charge is 0.252 e. The lowest BCUT2D eigenvalue weighted by atomic mass is 10.0. The van der Waals surface area contributed by atoms with Gasteiger partial charge in [0.1, 0.15) is 5.82 Å². The van der Waals surface area contributed by atoms with Crippen molar-refractivity contribution in [2.24, 2.45) is 5.92 Å². The highest BCUT2D eigenvalue weighted by Crippen LogP contribution is 2.17. The topological polar surface area (TPSA) is 77.2 Å².